The second-order valence-electron chi connectivity index (χ2n) is 10.5. The van der Waals surface area contributed by atoms with Crippen LogP contribution < -0.4 is 0 Å². The second kappa shape index (κ2) is 10.2. The molecule has 206 valence electrons. The monoisotopic (exact) mass is 602 g/mol. The number of rotatable bonds is 4. The molecular weight excluding hydrogens is 575 g/mol. The Morgan fingerprint density at radius 3 is 1.98 bits per heavy atom. The molecular formula is C39H23N3S2. The zero-order chi connectivity index (χ0) is 33.4. The number of hydrogen-bond donors (Lipinski definition) is 0. The van der Waals surface area contributed by atoms with Crippen molar-refractivity contribution >= 4 is 63.0 Å². The van der Waals surface area contributed by atoms with Crippen LogP contribution >= 0.6 is 22.7 Å². The van der Waals surface area contributed by atoms with Crippen LogP contribution in [-0.4, -0.2) is 15.0 Å². The Morgan fingerprint density at radius 1 is 0.432 bits per heavy atom. The van der Waals surface area contributed by atoms with Crippen LogP contribution in [0.5, 0.6) is 0 Å². The maximum atomic E-state index is 8.57. The van der Waals surface area contributed by atoms with Crippen LogP contribution in [0.4, 0.5) is 0 Å². The molecule has 6 aromatic carbocycles. The van der Waals surface area contributed by atoms with E-state index < -0.39 is 18.1 Å². The van der Waals surface area contributed by atoms with Crippen molar-refractivity contribution < 1.29 is 6.85 Å². The van der Waals surface area contributed by atoms with Crippen molar-refractivity contribution in [3.63, 3.8) is 0 Å². The minimum atomic E-state index is -0.463. The van der Waals surface area contributed by atoms with E-state index in [1.165, 1.54) is 41.4 Å². The van der Waals surface area contributed by atoms with Crippen LogP contribution in [0.1, 0.15) is 6.85 Å². The highest BCUT2D eigenvalue weighted by atomic mass is 32.1. The van der Waals surface area contributed by atoms with E-state index in [1.807, 2.05) is 47.7 Å². The van der Waals surface area contributed by atoms with Gasteiger partial charge in [0.25, 0.3) is 0 Å². The highest BCUT2D eigenvalue weighted by molar-refractivity contribution is 7.26. The fourth-order valence-corrected chi connectivity index (χ4v) is 8.12. The van der Waals surface area contributed by atoms with Crippen molar-refractivity contribution in [2.45, 2.75) is 0 Å². The zero-order valence-electron chi connectivity index (χ0n) is 28.1. The molecule has 9 rings (SSSR count). The van der Waals surface area contributed by atoms with Crippen molar-refractivity contribution in [3.05, 3.63) is 139 Å². The number of aromatic nitrogens is 3. The molecule has 0 saturated heterocycles. The van der Waals surface area contributed by atoms with Gasteiger partial charge in [0.15, 0.2) is 17.5 Å². The fraction of sp³-hybridized carbons (Fsp3) is 0. The molecule has 3 heterocycles. The summed E-state index contributed by atoms with van der Waals surface area (Å²) in [6, 6.07) is 35.2. The van der Waals surface area contributed by atoms with Crippen LogP contribution in [0.15, 0.2) is 139 Å². The van der Waals surface area contributed by atoms with Crippen LogP contribution in [0.25, 0.3) is 85.6 Å². The number of hydrogen-bond acceptors (Lipinski definition) is 5. The van der Waals surface area contributed by atoms with Crippen LogP contribution in [0.3, 0.4) is 0 Å². The summed E-state index contributed by atoms with van der Waals surface area (Å²) in [5, 5.41) is 4.84. The first kappa shape index (κ1) is 20.6. The molecule has 0 unspecified atom stereocenters. The van der Waals surface area contributed by atoms with Crippen LogP contribution in [-0.2, 0) is 0 Å². The topological polar surface area (TPSA) is 38.7 Å². The summed E-state index contributed by atoms with van der Waals surface area (Å²) in [5.74, 6) is 0.730. The van der Waals surface area contributed by atoms with E-state index in [-0.39, 0.29) is 23.5 Å². The summed E-state index contributed by atoms with van der Waals surface area (Å²) in [6.07, 6.45) is 0. The van der Waals surface area contributed by atoms with Gasteiger partial charge in [0.2, 0.25) is 0 Å². The molecule has 0 fully saturated rings. The fourth-order valence-electron chi connectivity index (χ4n) is 5.75. The quantitative estimate of drug-likeness (QED) is 0.201. The van der Waals surface area contributed by atoms with E-state index in [0.29, 0.717) is 11.6 Å². The lowest BCUT2D eigenvalue weighted by Crippen LogP contribution is -1.99. The largest absolute Gasteiger partial charge is 0.208 e. The molecule has 5 heteroatoms. The van der Waals surface area contributed by atoms with Gasteiger partial charge < -0.3 is 0 Å². The Balaban J connectivity index is 1.20. The SMILES string of the molecule is [2H]c1c([2H])c([2H])c(-c2nc(-c3ccccc3)nc(-c3ccc4c(c3)sc3ccc(-c5cccc6c5sc5ccccc56)cc34)n2)c([2H])c1[2H]. The van der Waals surface area contributed by atoms with Gasteiger partial charge in [-0.3, -0.25) is 0 Å². The Kier molecular flexibility index (Phi) is 4.78. The molecule has 0 aliphatic rings. The van der Waals surface area contributed by atoms with Gasteiger partial charge in [-0.05, 0) is 35.4 Å². The molecule has 0 radical (unpaired) electrons. The molecule has 0 aliphatic carbocycles. The van der Waals surface area contributed by atoms with E-state index in [9.17, 15) is 0 Å². The summed E-state index contributed by atoms with van der Waals surface area (Å²) in [6.45, 7) is 0. The van der Waals surface area contributed by atoms with Gasteiger partial charge in [-0.15, -0.1) is 22.7 Å². The van der Waals surface area contributed by atoms with Crippen molar-refractivity contribution in [1.29, 1.82) is 0 Å². The van der Waals surface area contributed by atoms with Gasteiger partial charge in [-0.25, -0.2) is 15.0 Å². The highest BCUT2D eigenvalue weighted by Crippen LogP contribution is 2.42. The third-order valence-electron chi connectivity index (χ3n) is 7.84. The van der Waals surface area contributed by atoms with E-state index in [2.05, 4.69) is 77.8 Å². The van der Waals surface area contributed by atoms with Crippen molar-refractivity contribution in [1.82, 2.24) is 15.0 Å². The minimum absolute atomic E-state index is 0.0253. The summed E-state index contributed by atoms with van der Waals surface area (Å²) >= 11 is 3.52. The third kappa shape index (κ3) is 4.21. The molecule has 0 spiro atoms. The molecule has 0 bridgehead atoms. The lowest BCUT2D eigenvalue weighted by molar-refractivity contribution is 1.07. The second-order valence-corrected chi connectivity index (χ2v) is 12.6. The minimum Gasteiger partial charge on any atom is -0.208 e. The van der Waals surface area contributed by atoms with E-state index in [4.69, 9.17) is 16.8 Å². The maximum Gasteiger partial charge on any atom is 0.164 e. The first-order valence-electron chi connectivity index (χ1n) is 16.6. The smallest absolute Gasteiger partial charge is 0.164 e. The predicted octanol–water partition coefficient (Wildman–Crippen LogP) is 11.3. The first-order chi connectivity index (χ1) is 23.9. The summed E-state index contributed by atoms with van der Waals surface area (Å²) in [5.41, 5.74) is 3.79. The average Bonchev–Trinajstić information content (AvgIpc) is 3.71. The molecule has 0 aliphatic heterocycles. The molecule has 0 N–H and O–H groups in total. The zero-order valence-corrected chi connectivity index (χ0v) is 24.7. The molecule has 0 amide bonds. The Hall–Kier alpha value is -5.23. The summed E-state index contributed by atoms with van der Waals surface area (Å²) < 4.78 is 46.4. The Morgan fingerprint density at radius 2 is 1.11 bits per heavy atom. The molecule has 0 saturated carbocycles. The normalized spacial score (nSPS) is 13.2. The van der Waals surface area contributed by atoms with Gasteiger partial charge in [0.05, 0.1) is 6.85 Å². The molecule has 0 atom stereocenters. The lowest BCUT2D eigenvalue weighted by atomic mass is 10.0. The molecule has 44 heavy (non-hydrogen) atoms. The summed E-state index contributed by atoms with van der Waals surface area (Å²) in [4.78, 5) is 14.1. The Bertz CT molecular complexity index is 2760. The predicted molar refractivity (Wildman–Crippen MR) is 187 cm³/mol. The average molecular weight is 603 g/mol. The van der Waals surface area contributed by atoms with Crippen LogP contribution in [0.2, 0.25) is 0 Å². The van der Waals surface area contributed by atoms with Crippen LogP contribution in [0, 0.1) is 0 Å². The lowest BCUT2D eigenvalue weighted by Gasteiger charge is -2.08. The molecule has 9 aromatic rings. The molecule has 3 aromatic heterocycles. The van der Waals surface area contributed by atoms with Gasteiger partial charge >= 0.3 is 0 Å². The van der Waals surface area contributed by atoms with Crippen molar-refractivity contribution in [3.8, 4) is 45.3 Å². The first-order valence-corrected chi connectivity index (χ1v) is 15.7. The Labute approximate surface area is 268 Å². The van der Waals surface area contributed by atoms with Crippen molar-refractivity contribution in [2.24, 2.45) is 0 Å². The maximum absolute atomic E-state index is 8.57. The van der Waals surface area contributed by atoms with Gasteiger partial charge in [0.1, 0.15) is 0 Å². The number of fused-ring (bicyclic) bond motifs is 6. The third-order valence-corrected chi connectivity index (χ3v) is 10.2. The van der Waals surface area contributed by atoms with Crippen molar-refractivity contribution in [2.75, 3.05) is 0 Å². The van der Waals surface area contributed by atoms with Gasteiger partial charge in [-0.1, -0.05) is 115 Å². The number of thiophene rings is 2. The standard InChI is InChI=1S/C39H23N3S2/c1-3-10-24(11-4-1)37-40-38(25-12-5-2-6-13-25)42-39(41-37)27-18-20-30-32-22-26(19-21-34(32)43-35(30)23-27)28-15-9-16-31-29-14-7-8-17-33(29)44-36(28)31/h1-23H/i1D,3D,4D,10D,11D. The van der Waals surface area contributed by atoms with Gasteiger partial charge in [0, 0.05) is 57.0 Å². The molecule has 3 nitrogen and oxygen atoms in total. The van der Waals surface area contributed by atoms with E-state index in [0.717, 1.165) is 21.2 Å². The van der Waals surface area contributed by atoms with E-state index >= 15 is 0 Å². The van der Waals surface area contributed by atoms with Gasteiger partial charge in [-0.2, -0.15) is 0 Å². The number of nitrogens with zero attached hydrogens (tertiary/aromatic N) is 3. The summed E-state index contributed by atoms with van der Waals surface area (Å²) in [7, 11) is 0. The highest BCUT2D eigenvalue weighted by Gasteiger charge is 2.15. The number of benzene rings is 6. The van der Waals surface area contributed by atoms with E-state index in [1.54, 1.807) is 11.3 Å².